The lowest BCUT2D eigenvalue weighted by atomic mass is 9.95. The maximum absolute atomic E-state index is 12.6. The first-order valence-corrected chi connectivity index (χ1v) is 8.74. The summed E-state index contributed by atoms with van der Waals surface area (Å²) in [5.74, 6) is -1.16. The molecule has 0 aromatic carbocycles. The molecule has 2 rings (SSSR count). The molecule has 2 unspecified atom stereocenters. The van der Waals surface area contributed by atoms with Gasteiger partial charge in [-0.25, -0.2) is 0 Å². The normalized spacial score (nSPS) is 23.9. The minimum absolute atomic E-state index is 0. The van der Waals surface area contributed by atoms with Gasteiger partial charge in [-0.15, -0.1) is 12.4 Å². The summed E-state index contributed by atoms with van der Waals surface area (Å²) < 4.78 is 43.1. The van der Waals surface area contributed by atoms with Crippen LogP contribution >= 0.6 is 12.4 Å². The number of hydrogen-bond donors (Lipinski definition) is 1. The summed E-state index contributed by atoms with van der Waals surface area (Å²) in [6.07, 6.45) is -2.99. The van der Waals surface area contributed by atoms with Gasteiger partial charge in [0.2, 0.25) is 11.8 Å². The van der Waals surface area contributed by atoms with Gasteiger partial charge in [-0.1, -0.05) is 0 Å². The van der Waals surface area contributed by atoms with E-state index in [0.29, 0.717) is 39.1 Å². The molecule has 2 aliphatic rings. The van der Waals surface area contributed by atoms with E-state index in [-0.39, 0.29) is 43.9 Å². The fraction of sp³-hybridized carbons (Fsp3) is 0.875. The molecule has 0 aliphatic carbocycles. The standard InChI is InChI=1S/C16H26F3N3O3.ClH/c1-2-21(11-16(17,18)19)15(24)12-4-3-6-22(9-12)14(23)8-13-10-25-7-5-20-13;/h12-13,20H,2-11H2,1H3;1H. The van der Waals surface area contributed by atoms with Crippen LogP contribution in [-0.4, -0.2) is 79.8 Å². The SMILES string of the molecule is CCN(CC(F)(F)F)C(=O)C1CCCN(C(=O)CC2COCCN2)C1.Cl. The van der Waals surface area contributed by atoms with Crippen molar-refractivity contribution < 1.29 is 27.5 Å². The van der Waals surface area contributed by atoms with Gasteiger partial charge in [-0.05, 0) is 19.8 Å². The van der Waals surface area contributed by atoms with Gasteiger partial charge in [0.1, 0.15) is 6.54 Å². The molecule has 10 heteroatoms. The van der Waals surface area contributed by atoms with Crippen molar-refractivity contribution in [3.63, 3.8) is 0 Å². The molecule has 152 valence electrons. The molecule has 0 aromatic heterocycles. The monoisotopic (exact) mass is 401 g/mol. The summed E-state index contributed by atoms with van der Waals surface area (Å²) in [6.45, 7) is 2.82. The average Bonchev–Trinajstić information content (AvgIpc) is 2.59. The number of halogens is 4. The summed E-state index contributed by atoms with van der Waals surface area (Å²) in [7, 11) is 0. The highest BCUT2D eigenvalue weighted by Crippen LogP contribution is 2.23. The number of carbonyl (C=O) groups is 2. The topological polar surface area (TPSA) is 61.9 Å². The molecule has 6 nitrogen and oxygen atoms in total. The van der Waals surface area contributed by atoms with Gasteiger partial charge < -0.3 is 19.9 Å². The van der Waals surface area contributed by atoms with Crippen molar-refractivity contribution >= 4 is 24.2 Å². The van der Waals surface area contributed by atoms with Crippen molar-refractivity contribution in [3.8, 4) is 0 Å². The first-order valence-electron chi connectivity index (χ1n) is 8.74. The minimum atomic E-state index is -4.41. The lowest BCUT2D eigenvalue weighted by Crippen LogP contribution is -2.50. The Balaban J connectivity index is 0.00000338. The first-order chi connectivity index (χ1) is 11.8. The van der Waals surface area contributed by atoms with Crippen LogP contribution < -0.4 is 5.32 Å². The number of nitrogens with zero attached hydrogens (tertiary/aromatic N) is 2. The molecule has 0 radical (unpaired) electrons. The van der Waals surface area contributed by atoms with Crippen molar-refractivity contribution in [1.82, 2.24) is 15.1 Å². The van der Waals surface area contributed by atoms with Crippen LogP contribution in [0.25, 0.3) is 0 Å². The van der Waals surface area contributed by atoms with Gasteiger partial charge >= 0.3 is 6.18 Å². The second-order valence-corrected chi connectivity index (χ2v) is 6.58. The fourth-order valence-electron chi connectivity index (χ4n) is 3.32. The van der Waals surface area contributed by atoms with Crippen LogP contribution in [0.1, 0.15) is 26.2 Å². The third-order valence-corrected chi connectivity index (χ3v) is 4.61. The van der Waals surface area contributed by atoms with E-state index in [1.807, 2.05) is 0 Å². The Labute approximate surface area is 157 Å². The van der Waals surface area contributed by atoms with Crippen LogP contribution in [0.5, 0.6) is 0 Å². The number of nitrogens with one attached hydrogen (secondary N) is 1. The first kappa shape index (κ1) is 23.0. The van der Waals surface area contributed by atoms with Gasteiger partial charge in [0, 0.05) is 38.6 Å². The molecule has 0 aromatic rings. The number of amides is 2. The number of likely N-dealkylation sites (tertiary alicyclic amines) is 1. The lowest BCUT2D eigenvalue weighted by molar-refractivity contribution is -0.164. The van der Waals surface area contributed by atoms with Gasteiger partial charge in [-0.2, -0.15) is 13.2 Å². The molecular weight excluding hydrogens is 375 g/mol. The summed E-state index contributed by atoms with van der Waals surface area (Å²) in [5, 5.41) is 3.20. The van der Waals surface area contributed by atoms with Crippen LogP contribution in [-0.2, 0) is 14.3 Å². The van der Waals surface area contributed by atoms with E-state index in [2.05, 4.69) is 5.32 Å². The number of hydrogen-bond acceptors (Lipinski definition) is 4. The Kier molecular flexibility index (Phi) is 9.12. The number of carbonyl (C=O) groups excluding carboxylic acids is 2. The fourth-order valence-corrected chi connectivity index (χ4v) is 3.32. The van der Waals surface area contributed by atoms with E-state index in [1.165, 1.54) is 6.92 Å². The van der Waals surface area contributed by atoms with E-state index in [4.69, 9.17) is 4.74 Å². The lowest BCUT2D eigenvalue weighted by Gasteiger charge is -2.36. The maximum atomic E-state index is 12.6. The average molecular weight is 402 g/mol. The van der Waals surface area contributed by atoms with E-state index in [1.54, 1.807) is 4.90 Å². The zero-order chi connectivity index (χ0) is 18.4. The van der Waals surface area contributed by atoms with Crippen LogP contribution in [0, 0.1) is 5.92 Å². The van der Waals surface area contributed by atoms with Crippen LogP contribution in [0.2, 0.25) is 0 Å². The van der Waals surface area contributed by atoms with Crippen molar-refractivity contribution in [1.29, 1.82) is 0 Å². The Morgan fingerprint density at radius 2 is 2.08 bits per heavy atom. The third kappa shape index (κ3) is 6.92. The second kappa shape index (κ2) is 10.3. The molecule has 2 amide bonds. The van der Waals surface area contributed by atoms with Crippen molar-refractivity contribution in [2.75, 3.05) is 45.9 Å². The molecule has 2 saturated heterocycles. The molecule has 0 spiro atoms. The number of morpholine rings is 1. The predicted molar refractivity (Wildman–Crippen MR) is 92.1 cm³/mol. The Hall–Kier alpha value is -1.06. The molecule has 26 heavy (non-hydrogen) atoms. The van der Waals surface area contributed by atoms with E-state index in [0.717, 1.165) is 4.90 Å². The molecule has 0 bridgehead atoms. The number of piperidine rings is 1. The number of alkyl halides is 3. The van der Waals surface area contributed by atoms with Crippen molar-refractivity contribution in [2.45, 2.75) is 38.4 Å². The minimum Gasteiger partial charge on any atom is -0.378 e. The van der Waals surface area contributed by atoms with Gasteiger partial charge in [-0.3, -0.25) is 9.59 Å². The van der Waals surface area contributed by atoms with Gasteiger partial charge in [0.25, 0.3) is 0 Å². The molecular formula is C16H27ClF3N3O3. The predicted octanol–water partition coefficient (Wildman–Crippen LogP) is 1.44. The van der Waals surface area contributed by atoms with Crippen molar-refractivity contribution in [2.24, 2.45) is 5.92 Å². The maximum Gasteiger partial charge on any atom is 0.406 e. The smallest absolute Gasteiger partial charge is 0.378 e. The molecule has 2 fully saturated rings. The molecule has 1 N–H and O–H groups in total. The highest BCUT2D eigenvalue weighted by molar-refractivity contribution is 5.85. The van der Waals surface area contributed by atoms with Gasteiger partial charge in [0.05, 0.1) is 19.1 Å². The zero-order valence-corrected chi connectivity index (χ0v) is 15.7. The van der Waals surface area contributed by atoms with Crippen molar-refractivity contribution in [3.05, 3.63) is 0 Å². The third-order valence-electron chi connectivity index (χ3n) is 4.61. The van der Waals surface area contributed by atoms with Crippen LogP contribution in [0.3, 0.4) is 0 Å². The summed E-state index contributed by atoms with van der Waals surface area (Å²) in [6, 6.07) is -0.0466. The molecule has 2 aliphatic heterocycles. The zero-order valence-electron chi connectivity index (χ0n) is 14.9. The number of ether oxygens (including phenoxy) is 1. The molecule has 0 saturated carbocycles. The van der Waals surface area contributed by atoms with Gasteiger partial charge in [0.15, 0.2) is 0 Å². The molecule has 2 heterocycles. The van der Waals surface area contributed by atoms with E-state index < -0.39 is 24.5 Å². The highest BCUT2D eigenvalue weighted by atomic mass is 35.5. The molecule has 2 atom stereocenters. The Morgan fingerprint density at radius 3 is 2.65 bits per heavy atom. The highest BCUT2D eigenvalue weighted by Gasteiger charge is 2.36. The Morgan fingerprint density at radius 1 is 1.35 bits per heavy atom. The summed E-state index contributed by atoms with van der Waals surface area (Å²) >= 11 is 0. The largest absolute Gasteiger partial charge is 0.406 e. The quantitative estimate of drug-likeness (QED) is 0.757. The Bertz CT molecular complexity index is 473. The van der Waals surface area contributed by atoms with E-state index in [9.17, 15) is 22.8 Å². The van der Waals surface area contributed by atoms with E-state index >= 15 is 0 Å². The summed E-state index contributed by atoms with van der Waals surface area (Å²) in [5.41, 5.74) is 0. The second-order valence-electron chi connectivity index (χ2n) is 6.58. The van der Waals surface area contributed by atoms with Crippen LogP contribution in [0.15, 0.2) is 0 Å². The number of rotatable bonds is 5. The van der Waals surface area contributed by atoms with Crippen LogP contribution in [0.4, 0.5) is 13.2 Å². The summed E-state index contributed by atoms with van der Waals surface area (Å²) in [4.78, 5) is 27.3.